The molecule has 6 heteroatoms. The van der Waals surface area contributed by atoms with Crippen LogP contribution in [0.2, 0.25) is 0 Å². The van der Waals surface area contributed by atoms with Gasteiger partial charge in [0.1, 0.15) is 0 Å². The fraction of sp³-hybridized carbons (Fsp3) is 0.556. The van der Waals surface area contributed by atoms with E-state index in [1.807, 2.05) is 12.1 Å². The Balaban J connectivity index is 0.00000288. The molecular weight excluding hydrogens is 324 g/mol. The van der Waals surface area contributed by atoms with Crippen molar-refractivity contribution < 1.29 is 14.8 Å². The third-order valence-electron chi connectivity index (χ3n) is 4.77. The van der Waals surface area contributed by atoms with Gasteiger partial charge in [0.05, 0.1) is 11.2 Å². The van der Waals surface area contributed by atoms with E-state index < -0.39 is 18.3 Å². The van der Waals surface area contributed by atoms with Crippen LogP contribution in [0.4, 0.5) is 0 Å². The Morgan fingerprint density at radius 2 is 1.79 bits per heavy atom. The van der Waals surface area contributed by atoms with E-state index in [0.29, 0.717) is 0 Å². The maximum Gasteiger partial charge on any atom is 0.487 e. The van der Waals surface area contributed by atoms with Gasteiger partial charge in [0, 0.05) is 19.6 Å². The number of halogens is 1. The van der Waals surface area contributed by atoms with Crippen LogP contribution in [0.1, 0.15) is 39.7 Å². The Kier molecular flexibility index (Phi) is 7.51. The monoisotopic (exact) mass is 353 g/mol. The van der Waals surface area contributed by atoms with Crippen LogP contribution >= 0.6 is 12.4 Å². The van der Waals surface area contributed by atoms with Gasteiger partial charge >= 0.3 is 7.12 Å². The molecule has 0 aliphatic carbocycles. The molecule has 0 saturated carbocycles. The first-order valence-corrected chi connectivity index (χ1v) is 8.22. The highest BCUT2D eigenvalue weighted by Crippen LogP contribution is 2.27. The van der Waals surface area contributed by atoms with Crippen molar-refractivity contribution in [2.45, 2.75) is 51.9 Å². The van der Waals surface area contributed by atoms with Gasteiger partial charge in [0.2, 0.25) is 0 Å². The number of hydrogen-bond donors (Lipinski definition) is 2. The number of benzene rings is 1. The molecule has 0 radical (unpaired) electrons. The maximum atomic E-state index is 10.3. The highest BCUT2D eigenvalue weighted by Gasteiger charge is 2.40. The van der Waals surface area contributed by atoms with Gasteiger partial charge in [-0.3, -0.25) is 4.90 Å². The smallest absolute Gasteiger partial charge is 0.423 e. The Morgan fingerprint density at radius 3 is 2.29 bits per heavy atom. The fourth-order valence-electron chi connectivity index (χ4n) is 2.44. The second kappa shape index (κ2) is 8.50. The van der Waals surface area contributed by atoms with Crippen molar-refractivity contribution in [3.63, 3.8) is 0 Å². The van der Waals surface area contributed by atoms with Gasteiger partial charge in [-0.2, -0.15) is 0 Å². The molecule has 0 spiro atoms. The zero-order valence-electron chi connectivity index (χ0n) is 15.0. The Labute approximate surface area is 152 Å². The first kappa shape index (κ1) is 21.2. The van der Waals surface area contributed by atoms with Crippen LogP contribution in [-0.2, 0) is 11.2 Å². The fourth-order valence-corrected chi connectivity index (χ4v) is 2.44. The molecule has 0 fully saturated rings. The number of rotatable bonds is 6. The predicted octanol–water partition coefficient (Wildman–Crippen LogP) is 2.83. The molecule has 2 N–H and O–H groups in total. The molecule has 0 amide bonds. The summed E-state index contributed by atoms with van der Waals surface area (Å²) in [6, 6.07) is 10.4. The summed E-state index contributed by atoms with van der Waals surface area (Å²) in [5.74, 6) is 0. The lowest BCUT2D eigenvalue weighted by Gasteiger charge is -2.39. The maximum absolute atomic E-state index is 10.3. The molecular formula is C18H29BClNO3. The average Bonchev–Trinajstić information content (AvgIpc) is 2.47. The number of aliphatic hydroxyl groups is 1. The van der Waals surface area contributed by atoms with E-state index in [-0.39, 0.29) is 12.4 Å². The summed E-state index contributed by atoms with van der Waals surface area (Å²) in [5, 5.41) is 20.5. The molecule has 2 rings (SSSR count). The molecule has 1 aliphatic rings. The molecule has 4 nitrogen and oxygen atoms in total. The summed E-state index contributed by atoms with van der Waals surface area (Å²) >= 11 is 0. The van der Waals surface area contributed by atoms with Crippen molar-refractivity contribution in [1.29, 1.82) is 0 Å². The van der Waals surface area contributed by atoms with E-state index in [0.717, 1.165) is 31.5 Å². The third-order valence-corrected chi connectivity index (χ3v) is 4.77. The van der Waals surface area contributed by atoms with Crippen molar-refractivity contribution in [1.82, 2.24) is 4.90 Å². The Bertz CT molecular complexity index is 543. The van der Waals surface area contributed by atoms with Crippen molar-refractivity contribution in [2.75, 3.05) is 13.1 Å². The molecule has 134 valence electrons. The largest absolute Gasteiger partial charge is 0.487 e. The van der Waals surface area contributed by atoms with Crippen LogP contribution in [0, 0.1) is 0 Å². The lowest BCUT2D eigenvalue weighted by atomic mass is 9.73. The van der Waals surface area contributed by atoms with Crippen LogP contribution in [0.25, 0.3) is 0 Å². The normalized spacial score (nSPS) is 16.3. The highest BCUT2D eigenvalue weighted by atomic mass is 35.5. The number of nitrogens with zero attached hydrogens (tertiary/aromatic N) is 1. The topological polar surface area (TPSA) is 52.9 Å². The number of hydrogen-bond acceptors (Lipinski definition) is 4. The summed E-state index contributed by atoms with van der Waals surface area (Å²) in [5.41, 5.74) is 0.340. The molecule has 0 saturated heterocycles. The molecule has 0 aromatic heterocycles. The van der Waals surface area contributed by atoms with Gasteiger partial charge in [0.15, 0.2) is 0 Å². The summed E-state index contributed by atoms with van der Waals surface area (Å²) < 4.78 is 5.71. The molecule has 24 heavy (non-hydrogen) atoms. The van der Waals surface area contributed by atoms with Gasteiger partial charge in [-0.05, 0) is 45.2 Å². The van der Waals surface area contributed by atoms with E-state index in [1.54, 1.807) is 27.7 Å². The highest BCUT2D eigenvalue weighted by molar-refractivity contribution is 6.52. The van der Waals surface area contributed by atoms with Crippen LogP contribution in [0.3, 0.4) is 0 Å². The van der Waals surface area contributed by atoms with Gasteiger partial charge in [-0.25, -0.2) is 0 Å². The molecule has 1 aromatic carbocycles. The average molecular weight is 354 g/mol. The van der Waals surface area contributed by atoms with Crippen LogP contribution in [0.5, 0.6) is 0 Å². The van der Waals surface area contributed by atoms with Gasteiger partial charge in [-0.15, -0.1) is 12.4 Å². The zero-order valence-corrected chi connectivity index (χ0v) is 15.8. The molecule has 0 atom stereocenters. The van der Waals surface area contributed by atoms with Crippen LogP contribution in [-0.4, -0.2) is 46.4 Å². The van der Waals surface area contributed by atoms with Gasteiger partial charge < -0.3 is 14.8 Å². The van der Waals surface area contributed by atoms with Crippen molar-refractivity contribution in [2.24, 2.45) is 0 Å². The minimum Gasteiger partial charge on any atom is -0.423 e. The SMILES string of the molecule is CC(C)(O)C(C)(C)OB(O)C1=CCN(Cc2ccccc2)CC1.Cl. The second-order valence-electron chi connectivity index (χ2n) is 7.29. The summed E-state index contributed by atoms with van der Waals surface area (Å²) in [6.07, 6.45) is 2.81. The van der Waals surface area contributed by atoms with Crippen LogP contribution < -0.4 is 0 Å². The molecule has 0 unspecified atom stereocenters. The summed E-state index contributed by atoms with van der Waals surface area (Å²) in [7, 11) is -0.963. The second-order valence-corrected chi connectivity index (χ2v) is 7.29. The van der Waals surface area contributed by atoms with Crippen molar-refractivity contribution in [3.05, 3.63) is 47.4 Å². The summed E-state index contributed by atoms with van der Waals surface area (Å²) in [4.78, 5) is 2.34. The van der Waals surface area contributed by atoms with Crippen molar-refractivity contribution in [3.8, 4) is 0 Å². The van der Waals surface area contributed by atoms with E-state index in [1.165, 1.54) is 5.56 Å². The lowest BCUT2D eigenvalue weighted by molar-refractivity contribution is -0.0990. The first-order chi connectivity index (χ1) is 10.7. The van der Waals surface area contributed by atoms with Gasteiger partial charge in [-0.1, -0.05) is 36.4 Å². The van der Waals surface area contributed by atoms with E-state index >= 15 is 0 Å². The third kappa shape index (κ3) is 5.61. The minimum absolute atomic E-state index is 0. The first-order valence-electron chi connectivity index (χ1n) is 8.22. The predicted molar refractivity (Wildman–Crippen MR) is 101 cm³/mol. The van der Waals surface area contributed by atoms with Crippen molar-refractivity contribution >= 4 is 19.5 Å². The zero-order chi connectivity index (χ0) is 17.1. The molecule has 0 bridgehead atoms. The van der Waals surface area contributed by atoms with Crippen LogP contribution in [0.15, 0.2) is 41.9 Å². The Hall–Kier alpha value is -0.845. The minimum atomic E-state index is -1.03. The van der Waals surface area contributed by atoms with E-state index in [9.17, 15) is 10.1 Å². The molecule has 1 aliphatic heterocycles. The van der Waals surface area contributed by atoms with E-state index in [4.69, 9.17) is 4.65 Å². The van der Waals surface area contributed by atoms with Gasteiger partial charge in [0.25, 0.3) is 0 Å². The lowest BCUT2D eigenvalue weighted by Crippen LogP contribution is -2.51. The quantitative estimate of drug-likeness (QED) is 0.772. The molecule has 1 heterocycles. The molecule has 1 aromatic rings. The standard InChI is InChI=1S/C18H28BNO3.ClH/c1-17(2,21)18(3,4)23-19(22)16-10-12-20(13-11-16)14-15-8-6-5-7-9-15;/h5-10,21-22H,11-14H2,1-4H3;1H. The van der Waals surface area contributed by atoms with E-state index in [2.05, 4.69) is 29.2 Å². The summed E-state index contributed by atoms with van der Waals surface area (Å²) in [6.45, 7) is 9.57. The Morgan fingerprint density at radius 1 is 1.17 bits per heavy atom.